The van der Waals surface area contributed by atoms with E-state index >= 15 is 0 Å². The van der Waals surface area contributed by atoms with Crippen LogP contribution in [0, 0.1) is 11.8 Å². The number of carbonyl (C=O) groups is 1. The van der Waals surface area contributed by atoms with E-state index < -0.39 is 0 Å². The maximum absolute atomic E-state index is 12.1. The van der Waals surface area contributed by atoms with Crippen molar-refractivity contribution in [3.05, 3.63) is 0 Å². The summed E-state index contributed by atoms with van der Waals surface area (Å²) >= 11 is 6.20. The zero-order valence-corrected chi connectivity index (χ0v) is 10.8. The summed E-state index contributed by atoms with van der Waals surface area (Å²) in [6.07, 6.45) is 2.92. The second kappa shape index (κ2) is 5.74. The topological polar surface area (TPSA) is 20.3 Å². The van der Waals surface area contributed by atoms with Gasteiger partial charge in [0, 0.05) is 19.0 Å². The molecule has 0 radical (unpaired) electrons. The smallest absolute Gasteiger partial charge is 0.225 e. The fourth-order valence-corrected chi connectivity index (χ4v) is 2.41. The van der Waals surface area contributed by atoms with E-state index in [2.05, 4.69) is 20.8 Å². The minimum Gasteiger partial charge on any atom is -0.341 e. The van der Waals surface area contributed by atoms with Crippen molar-refractivity contribution in [1.82, 2.24) is 4.90 Å². The largest absolute Gasteiger partial charge is 0.341 e. The molecule has 1 amide bonds. The Labute approximate surface area is 98.0 Å². The van der Waals surface area contributed by atoms with Crippen LogP contribution < -0.4 is 0 Å². The Morgan fingerprint density at radius 3 is 2.53 bits per heavy atom. The van der Waals surface area contributed by atoms with E-state index in [1.807, 2.05) is 4.90 Å². The lowest BCUT2D eigenvalue weighted by Gasteiger charge is -2.35. The monoisotopic (exact) mass is 231 g/mol. The van der Waals surface area contributed by atoms with Crippen LogP contribution in [-0.2, 0) is 4.79 Å². The summed E-state index contributed by atoms with van der Waals surface area (Å²) in [4.78, 5) is 14.0. The number of halogens is 1. The van der Waals surface area contributed by atoms with Gasteiger partial charge in [0.25, 0.3) is 0 Å². The predicted octanol–water partition coefficient (Wildman–Crippen LogP) is 2.90. The third-order valence-electron chi connectivity index (χ3n) is 3.51. The summed E-state index contributed by atoms with van der Waals surface area (Å²) in [6.45, 7) is 7.95. The van der Waals surface area contributed by atoms with Gasteiger partial charge >= 0.3 is 0 Å². The van der Waals surface area contributed by atoms with E-state index in [0.29, 0.717) is 11.8 Å². The molecule has 15 heavy (non-hydrogen) atoms. The molecular formula is C12H22ClNO. The highest BCUT2D eigenvalue weighted by Crippen LogP contribution is 2.24. The van der Waals surface area contributed by atoms with E-state index in [9.17, 15) is 4.79 Å². The summed E-state index contributed by atoms with van der Waals surface area (Å²) in [5.41, 5.74) is 0. The van der Waals surface area contributed by atoms with Crippen LogP contribution in [0.1, 0.15) is 40.0 Å². The molecule has 1 saturated heterocycles. The number of rotatable bonds is 3. The molecule has 1 fully saturated rings. The average Bonchev–Trinajstić information content (AvgIpc) is 2.23. The summed E-state index contributed by atoms with van der Waals surface area (Å²) in [7, 11) is 0. The molecule has 0 aliphatic carbocycles. The lowest BCUT2D eigenvalue weighted by Crippen LogP contribution is -2.46. The Hall–Kier alpha value is -0.240. The van der Waals surface area contributed by atoms with Gasteiger partial charge in [-0.1, -0.05) is 20.8 Å². The highest BCUT2D eigenvalue weighted by atomic mass is 35.5. The quantitative estimate of drug-likeness (QED) is 0.684. The molecule has 1 aliphatic rings. The van der Waals surface area contributed by atoms with Gasteiger partial charge in [0.15, 0.2) is 0 Å². The van der Waals surface area contributed by atoms with Crippen LogP contribution in [-0.4, -0.2) is 29.3 Å². The maximum atomic E-state index is 12.1. The second-order valence-electron chi connectivity index (χ2n) is 4.58. The van der Waals surface area contributed by atoms with Crippen LogP contribution in [0.15, 0.2) is 0 Å². The van der Waals surface area contributed by atoms with Crippen molar-refractivity contribution in [3.8, 4) is 0 Å². The zero-order chi connectivity index (χ0) is 11.4. The lowest BCUT2D eigenvalue weighted by molar-refractivity contribution is -0.137. The first-order valence-corrected chi connectivity index (χ1v) is 6.46. The van der Waals surface area contributed by atoms with Crippen molar-refractivity contribution >= 4 is 17.5 Å². The minimum atomic E-state index is 0.136. The fraction of sp³-hybridized carbons (Fsp3) is 0.917. The molecule has 2 atom stereocenters. The van der Waals surface area contributed by atoms with E-state index in [4.69, 9.17) is 11.6 Å². The third kappa shape index (κ3) is 3.10. The highest BCUT2D eigenvalue weighted by Gasteiger charge is 2.29. The fourth-order valence-electron chi connectivity index (χ4n) is 2.12. The van der Waals surface area contributed by atoms with Gasteiger partial charge in [-0.15, -0.1) is 11.6 Å². The summed E-state index contributed by atoms with van der Waals surface area (Å²) < 4.78 is 0. The van der Waals surface area contributed by atoms with Gasteiger partial charge in [0.05, 0.1) is 5.38 Å². The molecule has 0 N–H and O–H groups in total. The van der Waals surface area contributed by atoms with Crippen molar-refractivity contribution < 1.29 is 4.79 Å². The van der Waals surface area contributed by atoms with Gasteiger partial charge in [-0.3, -0.25) is 4.79 Å². The number of nitrogens with zero attached hydrogens (tertiary/aromatic N) is 1. The van der Waals surface area contributed by atoms with Crippen molar-refractivity contribution in [3.63, 3.8) is 0 Å². The van der Waals surface area contributed by atoms with E-state index in [1.54, 1.807) is 0 Å². The molecule has 1 heterocycles. The summed E-state index contributed by atoms with van der Waals surface area (Å²) in [5, 5.41) is 0.136. The highest BCUT2D eigenvalue weighted by molar-refractivity contribution is 6.21. The Balaban J connectivity index is 2.53. The van der Waals surface area contributed by atoms with Gasteiger partial charge in [0.2, 0.25) is 5.91 Å². The van der Waals surface area contributed by atoms with Crippen LogP contribution in [0.3, 0.4) is 0 Å². The molecule has 0 bridgehead atoms. The summed E-state index contributed by atoms with van der Waals surface area (Å²) in [6, 6.07) is 0. The number of hydrogen-bond acceptors (Lipinski definition) is 1. The number of likely N-dealkylation sites (tertiary alicyclic amines) is 1. The number of carbonyl (C=O) groups excluding carboxylic acids is 1. The van der Waals surface area contributed by atoms with Gasteiger partial charge < -0.3 is 4.90 Å². The molecule has 2 nitrogen and oxygen atoms in total. The van der Waals surface area contributed by atoms with Crippen molar-refractivity contribution in [2.45, 2.75) is 45.4 Å². The third-order valence-corrected chi connectivity index (χ3v) is 4.08. The summed E-state index contributed by atoms with van der Waals surface area (Å²) in [5.74, 6) is 1.04. The van der Waals surface area contributed by atoms with E-state index in [-0.39, 0.29) is 11.3 Å². The predicted molar refractivity (Wildman–Crippen MR) is 64.1 cm³/mol. The first-order valence-electron chi connectivity index (χ1n) is 6.02. The Morgan fingerprint density at radius 1 is 1.47 bits per heavy atom. The molecule has 2 unspecified atom stereocenters. The maximum Gasteiger partial charge on any atom is 0.225 e. The molecular weight excluding hydrogens is 210 g/mol. The molecule has 0 aromatic heterocycles. The van der Waals surface area contributed by atoms with E-state index in [1.165, 1.54) is 0 Å². The van der Waals surface area contributed by atoms with Crippen LogP contribution in [0.2, 0.25) is 0 Å². The first-order chi connectivity index (χ1) is 7.10. The minimum absolute atomic E-state index is 0.136. The van der Waals surface area contributed by atoms with E-state index in [0.717, 1.165) is 32.4 Å². The van der Waals surface area contributed by atoms with Gasteiger partial charge in [0.1, 0.15) is 0 Å². The molecule has 88 valence electrons. The van der Waals surface area contributed by atoms with Gasteiger partial charge in [-0.25, -0.2) is 0 Å². The Bertz CT molecular complexity index is 216. The second-order valence-corrected chi connectivity index (χ2v) is 5.14. The molecule has 0 aromatic rings. The Kier molecular flexibility index (Phi) is 4.91. The van der Waals surface area contributed by atoms with Crippen LogP contribution in [0.5, 0.6) is 0 Å². The molecule has 1 aliphatic heterocycles. The normalized spacial score (nSPS) is 27.1. The number of alkyl halides is 1. The molecule has 3 heteroatoms. The van der Waals surface area contributed by atoms with Gasteiger partial charge in [-0.05, 0) is 25.2 Å². The molecule has 0 spiro atoms. The SMILES string of the molecule is CCC(CC)C(=O)N1CCC(C)C(Cl)C1. The zero-order valence-electron chi connectivity index (χ0n) is 10.0. The van der Waals surface area contributed by atoms with Crippen LogP contribution in [0.25, 0.3) is 0 Å². The first kappa shape index (κ1) is 12.8. The van der Waals surface area contributed by atoms with Crippen molar-refractivity contribution in [1.29, 1.82) is 0 Å². The van der Waals surface area contributed by atoms with Crippen LogP contribution in [0.4, 0.5) is 0 Å². The van der Waals surface area contributed by atoms with Crippen molar-refractivity contribution in [2.75, 3.05) is 13.1 Å². The van der Waals surface area contributed by atoms with Gasteiger partial charge in [-0.2, -0.15) is 0 Å². The average molecular weight is 232 g/mol. The standard InChI is InChI=1S/C12H22ClNO/c1-4-10(5-2)12(15)14-7-6-9(3)11(13)8-14/h9-11H,4-8H2,1-3H3. The molecule has 0 saturated carbocycles. The number of piperidine rings is 1. The van der Waals surface area contributed by atoms with Crippen molar-refractivity contribution in [2.24, 2.45) is 11.8 Å². The Morgan fingerprint density at radius 2 is 2.07 bits per heavy atom. The number of hydrogen-bond donors (Lipinski definition) is 0. The molecule has 0 aromatic carbocycles. The van der Waals surface area contributed by atoms with Crippen LogP contribution >= 0.6 is 11.6 Å². The number of amides is 1. The lowest BCUT2D eigenvalue weighted by atomic mass is 9.95. The molecule has 1 rings (SSSR count).